The Balaban J connectivity index is 2.57. The Morgan fingerprint density at radius 1 is 1.04 bits per heavy atom. The van der Waals surface area contributed by atoms with Gasteiger partial charge in [0.2, 0.25) is 11.8 Å². The first-order valence-electron chi connectivity index (χ1n) is 8.20. The van der Waals surface area contributed by atoms with Gasteiger partial charge in [0.1, 0.15) is 6.04 Å². The van der Waals surface area contributed by atoms with E-state index < -0.39 is 12.0 Å². The average Bonchev–Trinajstić information content (AvgIpc) is 2.53. The molecule has 25 heavy (non-hydrogen) atoms. The third-order valence-corrected chi connectivity index (χ3v) is 3.38. The number of esters is 1. The van der Waals surface area contributed by atoms with Crippen LogP contribution in [0.4, 0.5) is 0 Å². The van der Waals surface area contributed by atoms with Crippen molar-refractivity contribution < 1.29 is 19.1 Å². The maximum absolute atomic E-state index is 12.2. The van der Waals surface area contributed by atoms with E-state index in [4.69, 9.17) is 4.74 Å². The molecule has 0 saturated heterocycles. The summed E-state index contributed by atoms with van der Waals surface area (Å²) in [5, 5.41) is 5.44. The Morgan fingerprint density at radius 3 is 2.12 bits per heavy atom. The van der Waals surface area contributed by atoms with Crippen LogP contribution in [0.2, 0.25) is 0 Å². The minimum absolute atomic E-state index is 0.00774. The summed E-state index contributed by atoms with van der Waals surface area (Å²) in [6, 6.07) is 8.66. The van der Waals surface area contributed by atoms with Crippen LogP contribution >= 0.6 is 0 Å². The van der Waals surface area contributed by atoms with Crippen molar-refractivity contribution in [2.75, 3.05) is 27.2 Å². The molecule has 0 heterocycles. The van der Waals surface area contributed by atoms with Crippen LogP contribution in [0.3, 0.4) is 0 Å². The molecule has 138 valence electrons. The van der Waals surface area contributed by atoms with Crippen molar-refractivity contribution in [1.29, 1.82) is 0 Å². The van der Waals surface area contributed by atoms with E-state index in [0.29, 0.717) is 6.42 Å². The van der Waals surface area contributed by atoms with E-state index in [1.54, 1.807) is 11.9 Å². The normalized spacial score (nSPS) is 11.9. The van der Waals surface area contributed by atoms with Gasteiger partial charge in [0, 0.05) is 12.5 Å². The summed E-state index contributed by atoms with van der Waals surface area (Å²) in [6.45, 7) is 3.85. The minimum Gasteiger partial charge on any atom is -0.467 e. The second kappa shape index (κ2) is 10.5. The number of hydrogen-bond acceptors (Lipinski definition) is 5. The molecule has 2 N–H and O–H groups in total. The molecule has 0 bridgehead atoms. The zero-order valence-corrected chi connectivity index (χ0v) is 15.2. The first-order valence-corrected chi connectivity index (χ1v) is 8.20. The van der Waals surface area contributed by atoms with Crippen molar-refractivity contribution in [3.8, 4) is 0 Å². The second-order valence-electron chi connectivity index (χ2n) is 6.23. The first-order chi connectivity index (χ1) is 11.8. The summed E-state index contributed by atoms with van der Waals surface area (Å²) < 4.78 is 4.77. The van der Waals surface area contributed by atoms with E-state index in [9.17, 15) is 14.4 Å². The van der Waals surface area contributed by atoms with Crippen molar-refractivity contribution in [3.63, 3.8) is 0 Å². The number of nitrogens with zero attached hydrogens (tertiary/aromatic N) is 1. The van der Waals surface area contributed by atoms with Gasteiger partial charge in [-0.15, -0.1) is 0 Å². The van der Waals surface area contributed by atoms with Gasteiger partial charge < -0.3 is 15.4 Å². The fraction of sp³-hybridized carbons (Fsp3) is 0.500. The molecule has 0 saturated carbocycles. The molecule has 1 atom stereocenters. The van der Waals surface area contributed by atoms with Crippen molar-refractivity contribution in [3.05, 3.63) is 35.9 Å². The maximum atomic E-state index is 12.2. The lowest BCUT2D eigenvalue weighted by Gasteiger charge is -2.20. The van der Waals surface area contributed by atoms with Gasteiger partial charge in [-0.3, -0.25) is 14.5 Å². The summed E-state index contributed by atoms with van der Waals surface area (Å²) in [5.74, 6) is -0.998. The zero-order valence-electron chi connectivity index (χ0n) is 15.2. The third kappa shape index (κ3) is 8.30. The largest absolute Gasteiger partial charge is 0.467 e. The minimum atomic E-state index is -0.766. The molecule has 0 fully saturated rings. The summed E-state index contributed by atoms with van der Waals surface area (Å²) in [4.78, 5) is 37.4. The molecule has 0 aliphatic rings. The number of rotatable bonds is 9. The molecular formula is C18H27N3O4. The van der Waals surface area contributed by atoms with E-state index in [-0.39, 0.29) is 30.9 Å². The lowest BCUT2D eigenvalue weighted by atomic mass is 10.1. The number of ether oxygens (including phenoxy) is 1. The highest BCUT2D eigenvalue weighted by Crippen LogP contribution is 2.04. The number of benzene rings is 1. The first kappa shape index (κ1) is 20.6. The maximum Gasteiger partial charge on any atom is 0.328 e. The monoisotopic (exact) mass is 349 g/mol. The molecule has 0 unspecified atom stereocenters. The number of carbonyl (C=O) groups excluding carboxylic acids is 3. The molecule has 0 spiro atoms. The SMILES string of the molecule is COC(=O)[C@@H](Cc1ccccc1)NC(=O)CN(C)CC(=O)NC(C)C. The van der Waals surface area contributed by atoms with E-state index in [1.165, 1.54) is 7.11 Å². The Morgan fingerprint density at radius 2 is 1.60 bits per heavy atom. The van der Waals surface area contributed by atoms with Gasteiger partial charge in [-0.05, 0) is 26.5 Å². The van der Waals surface area contributed by atoms with Gasteiger partial charge in [-0.25, -0.2) is 4.79 Å². The van der Waals surface area contributed by atoms with E-state index in [1.807, 2.05) is 44.2 Å². The standard InChI is InChI=1S/C18H27N3O4/c1-13(2)19-16(22)11-21(3)12-17(23)20-15(18(24)25-4)10-14-8-6-5-7-9-14/h5-9,13,15H,10-12H2,1-4H3,(H,19,22)(H,20,23)/t15-/m1/s1. The van der Waals surface area contributed by atoms with Crippen LogP contribution in [0.25, 0.3) is 0 Å². The molecule has 2 amide bonds. The van der Waals surface area contributed by atoms with Crippen LogP contribution in [0.5, 0.6) is 0 Å². The van der Waals surface area contributed by atoms with Gasteiger partial charge in [-0.2, -0.15) is 0 Å². The van der Waals surface area contributed by atoms with E-state index >= 15 is 0 Å². The van der Waals surface area contributed by atoms with Gasteiger partial charge in [0.25, 0.3) is 0 Å². The number of hydrogen-bond donors (Lipinski definition) is 2. The van der Waals surface area contributed by atoms with Crippen LogP contribution in [0.15, 0.2) is 30.3 Å². The molecule has 1 aromatic carbocycles. The highest BCUT2D eigenvalue weighted by molar-refractivity contribution is 5.86. The molecule has 1 aromatic rings. The number of nitrogens with one attached hydrogen (secondary N) is 2. The van der Waals surface area contributed by atoms with Gasteiger partial charge in [-0.1, -0.05) is 30.3 Å². The number of carbonyl (C=O) groups is 3. The number of likely N-dealkylation sites (N-methyl/N-ethyl adjacent to an activating group) is 1. The lowest BCUT2D eigenvalue weighted by Crippen LogP contribution is -2.48. The van der Waals surface area contributed by atoms with Crippen molar-refractivity contribution >= 4 is 17.8 Å². The Labute approximate surface area is 148 Å². The second-order valence-corrected chi connectivity index (χ2v) is 6.23. The molecule has 0 aliphatic heterocycles. The molecule has 7 nitrogen and oxygen atoms in total. The van der Waals surface area contributed by atoms with E-state index in [2.05, 4.69) is 10.6 Å². The van der Waals surface area contributed by atoms with Crippen LogP contribution in [0.1, 0.15) is 19.4 Å². The van der Waals surface area contributed by atoms with Crippen LogP contribution in [0, 0.1) is 0 Å². The van der Waals surface area contributed by atoms with Crippen LogP contribution in [-0.2, 0) is 25.5 Å². The highest BCUT2D eigenvalue weighted by Gasteiger charge is 2.22. The lowest BCUT2D eigenvalue weighted by molar-refractivity contribution is -0.145. The highest BCUT2D eigenvalue weighted by atomic mass is 16.5. The van der Waals surface area contributed by atoms with Gasteiger partial charge in [0.15, 0.2) is 0 Å². The van der Waals surface area contributed by atoms with Gasteiger partial charge >= 0.3 is 5.97 Å². The van der Waals surface area contributed by atoms with Crippen molar-refractivity contribution in [1.82, 2.24) is 15.5 Å². The predicted octanol–water partition coefficient (Wildman–Crippen LogP) is 0.343. The summed E-state index contributed by atoms with van der Waals surface area (Å²) in [6.07, 6.45) is 0.344. The predicted molar refractivity (Wildman–Crippen MR) is 94.9 cm³/mol. The molecule has 0 aliphatic carbocycles. The van der Waals surface area contributed by atoms with Crippen molar-refractivity contribution in [2.45, 2.75) is 32.4 Å². The Kier molecular flexibility index (Phi) is 8.63. The average molecular weight is 349 g/mol. The fourth-order valence-electron chi connectivity index (χ4n) is 2.34. The van der Waals surface area contributed by atoms with Gasteiger partial charge in [0.05, 0.1) is 20.2 Å². The summed E-state index contributed by atoms with van der Waals surface area (Å²) in [7, 11) is 2.96. The quantitative estimate of drug-likeness (QED) is 0.628. The van der Waals surface area contributed by atoms with E-state index in [0.717, 1.165) is 5.56 Å². The molecule has 0 radical (unpaired) electrons. The topological polar surface area (TPSA) is 87.7 Å². The van der Waals surface area contributed by atoms with Crippen LogP contribution < -0.4 is 10.6 Å². The Hall–Kier alpha value is -2.41. The number of amides is 2. The van der Waals surface area contributed by atoms with Crippen LogP contribution in [-0.4, -0.2) is 62.0 Å². The summed E-state index contributed by atoms with van der Waals surface area (Å²) in [5.41, 5.74) is 0.919. The molecule has 7 heteroatoms. The molecular weight excluding hydrogens is 322 g/mol. The van der Waals surface area contributed by atoms with Crippen molar-refractivity contribution in [2.24, 2.45) is 0 Å². The smallest absolute Gasteiger partial charge is 0.328 e. The number of methoxy groups -OCH3 is 1. The fourth-order valence-corrected chi connectivity index (χ4v) is 2.34. The Bertz CT molecular complexity index is 575. The zero-order chi connectivity index (χ0) is 18.8. The molecule has 1 rings (SSSR count). The summed E-state index contributed by atoms with van der Waals surface area (Å²) >= 11 is 0. The third-order valence-electron chi connectivity index (χ3n) is 3.38. The molecule has 0 aromatic heterocycles.